The number of carbonyl (C=O) groups is 2. The Morgan fingerprint density at radius 3 is 1.60 bits per heavy atom. The van der Waals surface area contributed by atoms with Crippen LogP contribution in [-0.4, -0.2) is 56.3 Å². The topological polar surface area (TPSA) is 145 Å². The van der Waals surface area contributed by atoms with Gasteiger partial charge in [0.25, 0.3) is 0 Å². The van der Waals surface area contributed by atoms with Crippen LogP contribution in [0.2, 0.25) is 10.0 Å². The Morgan fingerprint density at radius 1 is 0.691 bits per heavy atom. The van der Waals surface area contributed by atoms with E-state index < -0.39 is 17.2 Å². The third kappa shape index (κ3) is 12.2. The Bertz CT molecular complexity index is 2290. The van der Waals surface area contributed by atoms with Gasteiger partial charge in [-0.3, -0.25) is 19.9 Å². The number of alkyl halides is 1. The number of benzene rings is 2. The number of fused-ring (bicyclic) bond motifs is 2. The summed E-state index contributed by atoms with van der Waals surface area (Å²) in [6, 6.07) is 18.2. The van der Waals surface area contributed by atoms with Gasteiger partial charge in [0.05, 0.1) is 57.6 Å². The average molecular weight is 853 g/mol. The van der Waals surface area contributed by atoms with Crippen LogP contribution >= 0.6 is 39.1 Å². The molecule has 6 aromatic rings. The van der Waals surface area contributed by atoms with Crippen molar-refractivity contribution in [2.75, 3.05) is 14.2 Å². The third-order valence-corrected chi connectivity index (χ3v) is 9.09. The van der Waals surface area contributed by atoms with Gasteiger partial charge in [-0.2, -0.15) is 0 Å². The molecule has 2 N–H and O–H groups in total. The Balaban J connectivity index is 0.000000241. The molecule has 4 heterocycles. The molecule has 290 valence electrons. The summed E-state index contributed by atoms with van der Waals surface area (Å²) in [4.78, 5) is 39.6. The number of hydrogen-bond donors (Lipinski definition) is 2. The number of ether oxygens (including phenoxy) is 2. The minimum absolute atomic E-state index is 0. The van der Waals surface area contributed by atoms with Crippen LogP contribution in [0.4, 0.5) is 0 Å². The van der Waals surface area contributed by atoms with Crippen molar-refractivity contribution in [3.8, 4) is 0 Å². The zero-order valence-corrected chi connectivity index (χ0v) is 34.0. The molecule has 0 atom stereocenters. The Labute approximate surface area is 340 Å². The van der Waals surface area contributed by atoms with Crippen molar-refractivity contribution in [3.05, 3.63) is 140 Å². The third-order valence-electron chi connectivity index (χ3n) is 8.03. The smallest absolute Gasteiger partial charge is 0.337 e. The van der Waals surface area contributed by atoms with E-state index in [1.807, 2.05) is 43.3 Å². The SMILES string of the molecule is C.CC(C)(O)c1cc(CBr)cc2cc(Cl)cnc12.COC(=O)c1ccnc(C)c1.COC(=O)c1ccnc(Cc2cc(C(C)(C)O)c3ncc(Cl)cc3c2)c1. The van der Waals surface area contributed by atoms with E-state index in [0.717, 1.165) is 49.7 Å². The lowest BCUT2D eigenvalue weighted by molar-refractivity contribution is 0.0591. The molecule has 4 aromatic heterocycles. The van der Waals surface area contributed by atoms with Crippen molar-refractivity contribution in [1.82, 2.24) is 19.9 Å². The molecule has 0 aliphatic carbocycles. The van der Waals surface area contributed by atoms with Crippen LogP contribution in [-0.2, 0) is 32.4 Å². The summed E-state index contributed by atoms with van der Waals surface area (Å²) in [6.07, 6.45) is 6.84. The van der Waals surface area contributed by atoms with Gasteiger partial charge >= 0.3 is 11.9 Å². The van der Waals surface area contributed by atoms with E-state index >= 15 is 0 Å². The van der Waals surface area contributed by atoms with E-state index in [0.29, 0.717) is 38.7 Å². The number of halogens is 3. The predicted octanol–water partition coefficient (Wildman–Crippen LogP) is 9.71. The van der Waals surface area contributed by atoms with Gasteiger partial charge in [0.15, 0.2) is 0 Å². The summed E-state index contributed by atoms with van der Waals surface area (Å²) in [7, 11) is 2.70. The van der Waals surface area contributed by atoms with Crippen molar-refractivity contribution >= 4 is 72.9 Å². The van der Waals surface area contributed by atoms with Crippen molar-refractivity contribution in [1.29, 1.82) is 0 Å². The van der Waals surface area contributed by atoms with Gasteiger partial charge in [0.2, 0.25) is 0 Å². The number of rotatable bonds is 7. The molecule has 0 radical (unpaired) electrons. The van der Waals surface area contributed by atoms with Gasteiger partial charge in [0, 0.05) is 69.8 Å². The van der Waals surface area contributed by atoms with Gasteiger partial charge < -0.3 is 19.7 Å². The largest absolute Gasteiger partial charge is 0.465 e. The first-order valence-corrected chi connectivity index (χ1v) is 18.5. The van der Waals surface area contributed by atoms with Gasteiger partial charge in [-0.05, 0) is 100 Å². The molecule has 0 saturated heterocycles. The van der Waals surface area contributed by atoms with Crippen LogP contribution in [0, 0.1) is 6.92 Å². The molecule has 55 heavy (non-hydrogen) atoms. The van der Waals surface area contributed by atoms with Crippen LogP contribution in [0.25, 0.3) is 21.8 Å². The summed E-state index contributed by atoms with van der Waals surface area (Å²) < 4.78 is 9.28. The normalized spacial score (nSPS) is 11.1. The first kappa shape index (κ1) is 44.9. The van der Waals surface area contributed by atoms with Crippen LogP contribution < -0.4 is 0 Å². The van der Waals surface area contributed by atoms with Gasteiger partial charge in [-0.15, -0.1) is 0 Å². The maximum absolute atomic E-state index is 11.7. The van der Waals surface area contributed by atoms with Crippen LogP contribution in [0.3, 0.4) is 0 Å². The van der Waals surface area contributed by atoms with E-state index in [-0.39, 0.29) is 13.4 Å². The monoisotopic (exact) mass is 850 g/mol. The van der Waals surface area contributed by atoms with E-state index in [9.17, 15) is 19.8 Å². The maximum atomic E-state index is 11.7. The fourth-order valence-electron chi connectivity index (χ4n) is 5.50. The molecule has 13 heteroatoms. The number of carbonyl (C=O) groups excluding carboxylic acids is 2. The average Bonchev–Trinajstić information content (AvgIpc) is 3.13. The van der Waals surface area contributed by atoms with E-state index in [1.54, 1.807) is 76.7 Å². The van der Waals surface area contributed by atoms with Crippen molar-refractivity contribution in [3.63, 3.8) is 0 Å². The molecule has 0 aliphatic rings. The summed E-state index contributed by atoms with van der Waals surface area (Å²) in [5.74, 6) is -0.726. The minimum atomic E-state index is -1.06. The fourth-order valence-corrected chi connectivity index (χ4v) is 6.16. The zero-order chi connectivity index (χ0) is 39.8. The highest BCUT2D eigenvalue weighted by atomic mass is 79.9. The summed E-state index contributed by atoms with van der Waals surface area (Å²) in [6.45, 7) is 8.79. The molecule has 10 nitrogen and oxygen atoms in total. The molecule has 2 aromatic carbocycles. The van der Waals surface area contributed by atoms with Gasteiger partial charge in [0.1, 0.15) is 0 Å². The van der Waals surface area contributed by atoms with Gasteiger partial charge in [-0.1, -0.05) is 52.6 Å². The Kier molecular flexibility index (Phi) is 15.8. The number of aliphatic hydroxyl groups is 2. The molecular formula is C42H45BrCl2N4O6. The summed E-state index contributed by atoms with van der Waals surface area (Å²) in [5.41, 5.74) is 5.63. The Morgan fingerprint density at radius 2 is 1.15 bits per heavy atom. The summed E-state index contributed by atoms with van der Waals surface area (Å²) >= 11 is 15.5. The number of pyridine rings is 4. The van der Waals surface area contributed by atoms with Crippen molar-refractivity contribution in [2.24, 2.45) is 0 Å². The molecular weight excluding hydrogens is 807 g/mol. The minimum Gasteiger partial charge on any atom is -0.465 e. The number of aromatic nitrogens is 4. The predicted molar refractivity (Wildman–Crippen MR) is 222 cm³/mol. The molecule has 0 aliphatic heterocycles. The summed E-state index contributed by atoms with van der Waals surface area (Å²) in [5, 5.41) is 24.4. The lowest BCUT2D eigenvalue weighted by atomic mass is 9.92. The Hall–Kier alpha value is -4.52. The fraction of sp³-hybridized carbons (Fsp3) is 0.286. The number of aryl methyl sites for hydroxylation is 1. The lowest BCUT2D eigenvalue weighted by Crippen LogP contribution is -2.17. The molecule has 0 spiro atoms. The molecule has 0 bridgehead atoms. The van der Waals surface area contributed by atoms with E-state index in [2.05, 4.69) is 40.6 Å². The quantitative estimate of drug-likeness (QED) is 0.118. The number of nitrogens with zero attached hydrogens (tertiary/aromatic N) is 4. The van der Waals surface area contributed by atoms with Crippen molar-refractivity contribution < 1.29 is 29.3 Å². The molecule has 0 amide bonds. The number of esters is 2. The molecule has 0 unspecified atom stereocenters. The standard InChI is InChI=1S/C20H19ClN2O3.C13H13BrClNO.C8H9NO2.CH4/c1-20(2,25)17-8-12(6-14-9-15(21)11-23-18(14)17)7-16-10-13(4-5-22-16)19(24)26-3;1-13(2,17)11-4-8(6-14)3-9-5-10(15)7-16-12(9)11;1-6-5-7(3-4-9-6)8(10)11-2;/h4-6,8-11,25H,7H2,1-3H3;3-5,7,17H,6H2,1-2H3;3-5H,1-2H3;1H4. The van der Waals surface area contributed by atoms with E-state index in [1.165, 1.54) is 14.2 Å². The maximum Gasteiger partial charge on any atom is 0.337 e. The zero-order valence-electron chi connectivity index (χ0n) is 30.9. The highest BCUT2D eigenvalue weighted by Gasteiger charge is 2.22. The van der Waals surface area contributed by atoms with E-state index in [4.69, 9.17) is 27.9 Å². The van der Waals surface area contributed by atoms with Crippen LogP contribution in [0.1, 0.15) is 89.5 Å². The highest BCUT2D eigenvalue weighted by molar-refractivity contribution is 9.08. The highest BCUT2D eigenvalue weighted by Crippen LogP contribution is 2.32. The van der Waals surface area contributed by atoms with Gasteiger partial charge in [-0.25, -0.2) is 9.59 Å². The lowest BCUT2D eigenvalue weighted by Gasteiger charge is -2.21. The second-order valence-electron chi connectivity index (χ2n) is 13.4. The van der Waals surface area contributed by atoms with Crippen molar-refractivity contribution in [2.45, 2.75) is 65.0 Å². The number of methoxy groups -OCH3 is 2. The van der Waals surface area contributed by atoms with Crippen LogP contribution in [0.5, 0.6) is 0 Å². The molecule has 0 fully saturated rings. The first-order valence-electron chi connectivity index (χ1n) is 16.7. The van der Waals surface area contributed by atoms with Crippen LogP contribution in [0.15, 0.2) is 85.5 Å². The first-order chi connectivity index (χ1) is 25.4. The second kappa shape index (κ2) is 19.4. The number of hydrogen-bond acceptors (Lipinski definition) is 10. The molecule has 6 rings (SSSR count). The molecule has 0 saturated carbocycles. The second-order valence-corrected chi connectivity index (χ2v) is 14.8.